The molecule has 0 spiro atoms. The lowest BCUT2D eigenvalue weighted by atomic mass is 9.93. The number of nitrogens with one attached hydrogen (secondary N) is 1. The maximum Gasteiger partial charge on any atom is 0.407 e. The Balaban J connectivity index is 1.57. The van der Waals surface area contributed by atoms with E-state index >= 15 is 0 Å². The maximum atomic E-state index is 12.3. The van der Waals surface area contributed by atoms with Crippen LogP contribution in [0, 0.1) is 0 Å². The van der Waals surface area contributed by atoms with Crippen LogP contribution in [0.1, 0.15) is 45.7 Å². The number of alkyl carbamates (subject to hydrolysis) is 1. The molecule has 1 atom stereocenters. The molecule has 3 heterocycles. The topological polar surface area (TPSA) is 90.7 Å². The first-order valence-corrected chi connectivity index (χ1v) is 17.1. The van der Waals surface area contributed by atoms with Crippen molar-refractivity contribution in [1.82, 2.24) is 19.9 Å². The fraction of sp³-hybridized carbons (Fsp3) is 0.667. The van der Waals surface area contributed by atoms with Gasteiger partial charge in [-0.2, -0.15) is 0 Å². The van der Waals surface area contributed by atoms with Gasteiger partial charge in [-0.1, -0.05) is 25.7 Å². The minimum atomic E-state index is -1.18. The summed E-state index contributed by atoms with van der Waals surface area (Å²) >= 11 is 0. The molecule has 1 amide bonds. The third kappa shape index (κ3) is 7.55. The molecule has 1 aliphatic heterocycles. The van der Waals surface area contributed by atoms with E-state index in [4.69, 9.17) is 14.2 Å². The van der Waals surface area contributed by atoms with Crippen LogP contribution in [0.3, 0.4) is 0 Å². The number of aromatic nitrogens is 3. The largest absolute Gasteiger partial charge is 0.444 e. The monoisotopic (exact) mass is 529 g/mol. The fourth-order valence-corrected chi connectivity index (χ4v) is 5.44. The molecule has 37 heavy (non-hydrogen) atoms. The van der Waals surface area contributed by atoms with Gasteiger partial charge in [0.25, 0.3) is 0 Å². The van der Waals surface area contributed by atoms with Crippen molar-refractivity contribution >= 4 is 36.6 Å². The van der Waals surface area contributed by atoms with E-state index < -0.39 is 13.7 Å². The van der Waals surface area contributed by atoms with E-state index in [0.29, 0.717) is 19.9 Å². The van der Waals surface area contributed by atoms with Crippen LogP contribution in [-0.2, 0) is 20.9 Å². The molecule has 2 aliphatic rings. The molecule has 1 unspecified atom stereocenters. The van der Waals surface area contributed by atoms with Crippen LogP contribution in [0.15, 0.2) is 18.5 Å². The molecule has 0 radical (unpaired) electrons. The second kappa shape index (κ2) is 11.5. The van der Waals surface area contributed by atoms with Gasteiger partial charge in [-0.25, -0.2) is 14.8 Å². The van der Waals surface area contributed by atoms with Gasteiger partial charge in [0.15, 0.2) is 0 Å². The van der Waals surface area contributed by atoms with E-state index in [2.05, 4.69) is 56.5 Å². The predicted octanol–water partition coefficient (Wildman–Crippen LogP) is 5.04. The van der Waals surface area contributed by atoms with Gasteiger partial charge in [0.05, 0.1) is 18.6 Å². The second-order valence-electron chi connectivity index (χ2n) is 12.2. The zero-order valence-electron chi connectivity index (χ0n) is 23.3. The summed E-state index contributed by atoms with van der Waals surface area (Å²) in [4.78, 5) is 23.9. The Bertz CT molecular complexity index is 1110. The summed E-state index contributed by atoms with van der Waals surface area (Å²) in [5, 5.41) is 4.07. The standard InChI is InChI=1S/C27H43N5O4Si/c1-27(2,3)36-26(33)30-21-9-7-20(8-10-21)23-17-22-24(31-11-13-34-14-12-31)28-18-29-25(22)32(23)19-35-15-16-37(4,5)6/h7,17-18,21H,8-16,19H2,1-6H3,(H,30,33). The smallest absolute Gasteiger partial charge is 0.407 e. The maximum absolute atomic E-state index is 12.3. The van der Waals surface area contributed by atoms with Gasteiger partial charge in [-0.3, -0.25) is 0 Å². The van der Waals surface area contributed by atoms with Crippen LogP contribution in [0.5, 0.6) is 0 Å². The summed E-state index contributed by atoms with van der Waals surface area (Å²) in [5.41, 5.74) is 2.76. The normalized spacial score (nSPS) is 19.1. The molecule has 0 bridgehead atoms. The molecule has 1 N–H and O–H groups in total. The van der Waals surface area contributed by atoms with Crippen molar-refractivity contribution in [3.8, 4) is 0 Å². The van der Waals surface area contributed by atoms with Crippen molar-refractivity contribution in [3.63, 3.8) is 0 Å². The molecule has 1 fully saturated rings. The summed E-state index contributed by atoms with van der Waals surface area (Å²) in [6.07, 6.45) is 6.00. The van der Waals surface area contributed by atoms with E-state index in [9.17, 15) is 4.79 Å². The van der Waals surface area contributed by atoms with E-state index in [1.165, 1.54) is 5.57 Å². The van der Waals surface area contributed by atoms with Gasteiger partial charge in [0, 0.05) is 39.5 Å². The molecule has 204 valence electrons. The first kappa shape index (κ1) is 27.6. The van der Waals surface area contributed by atoms with E-state index in [1.807, 2.05) is 20.8 Å². The number of carbonyl (C=O) groups is 1. The summed E-state index contributed by atoms with van der Waals surface area (Å²) in [6, 6.07) is 3.40. The summed E-state index contributed by atoms with van der Waals surface area (Å²) in [7, 11) is -1.18. The van der Waals surface area contributed by atoms with Crippen molar-refractivity contribution < 1.29 is 19.0 Å². The Morgan fingerprint density at radius 1 is 1.22 bits per heavy atom. The summed E-state index contributed by atoms with van der Waals surface area (Å²) in [5.74, 6) is 0.955. The highest BCUT2D eigenvalue weighted by Crippen LogP contribution is 2.34. The Kier molecular flexibility index (Phi) is 8.60. The van der Waals surface area contributed by atoms with Crippen molar-refractivity contribution in [2.45, 2.75) is 84.1 Å². The average molecular weight is 530 g/mol. The molecule has 1 saturated heterocycles. The van der Waals surface area contributed by atoms with Crippen LogP contribution in [-0.4, -0.2) is 73.3 Å². The Morgan fingerprint density at radius 3 is 2.62 bits per heavy atom. The third-order valence-electron chi connectivity index (χ3n) is 6.66. The van der Waals surface area contributed by atoms with Gasteiger partial charge < -0.3 is 29.0 Å². The number of amides is 1. The highest BCUT2D eigenvalue weighted by atomic mass is 28.3. The van der Waals surface area contributed by atoms with Gasteiger partial charge >= 0.3 is 6.09 Å². The van der Waals surface area contributed by atoms with Crippen molar-refractivity contribution in [2.24, 2.45) is 0 Å². The van der Waals surface area contributed by atoms with E-state index in [-0.39, 0.29) is 12.1 Å². The Hall–Kier alpha value is -2.43. The number of hydrogen-bond donors (Lipinski definition) is 1. The van der Waals surface area contributed by atoms with Crippen LogP contribution in [0.25, 0.3) is 16.6 Å². The first-order chi connectivity index (χ1) is 17.5. The predicted molar refractivity (Wildman–Crippen MR) is 150 cm³/mol. The van der Waals surface area contributed by atoms with Crippen LogP contribution >= 0.6 is 0 Å². The number of carbonyl (C=O) groups excluding carboxylic acids is 1. The van der Waals surface area contributed by atoms with E-state index in [0.717, 1.165) is 67.5 Å². The molecule has 2 aromatic heterocycles. The number of fused-ring (bicyclic) bond motifs is 1. The highest BCUT2D eigenvalue weighted by Gasteiger charge is 2.25. The average Bonchev–Trinajstić information content (AvgIpc) is 3.19. The molecule has 1 aliphatic carbocycles. The zero-order chi connectivity index (χ0) is 26.6. The number of nitrogens with zero attached hydrogens (tertiary/aromatic N) is 4. The minimum absolute atomic E-state index is 0.0631. The number of hydrogen-bond acceptors (Lipinski definition) is 7. The van der Waals surface area contributed by atoms with Gasteiger partial charge in [-0.15, -0.1) is 0 Å². The van der Waals surface area contributed by atoms with Crippen LogP contribution in [0.2, 0.25) is 25.7 Å². The zero-order valence-corrected chi connectivity index (χ0v) is 24.3. The van der Waals surface area contributed by atoms with Crippen LogP contribution in [0.4, 0.5) is 10.6 Å². The number of morpholine rings is 1. The molecular formula is C27H43N5O4Si. The lowest BCUT2D eigenvalue weighted by molar-refractivity contribution is 0.0502. The molecule has 9 nitrogen and oxygen atoms in total. The Morgan fingerprint density at radius 2 is 1.97 bits per heavy atom. The van der Waals surface area contributed by atoms with Crippen molar-refractivity contribution in [1.29, 1.82) is 0 Å². The number of allylic oxidation sites excluding steroid dienone is 1. The first-order valence-electron chi connectivity index (χ1n) is 13.4. The second-order valence-corrected chi connectivity index (χ2v) is 17.8. The molecular weight excluding hydrogens is 486 g/mol. The lowest BCUT2D eigenvalue weighted by Crippen LogP contribution is -2.39. The molecule has 0 aromatic carbocycles. The van der Waals surface area contributed by atoms with E-state index in [1.54, 1.807) is 6.33 Å². The van der Waals surface area contributed by atoms with Gasteiger partial charge in [0.2, 0.25) is 0 Å². The van der Waals surface area contributed by atoms with Gasteiger partial charge in [0.1, 0.15) is 30.1 Å². The van der Waals surface area contributed by atoms with Crippen LogP contribution < -0.4 is 10.2 Å². The van der Waals surface area contributed by atoms with Gasteiger partial charge in [-0.05, 0) is 57.7 Å². The molecule has 0 saturated carbocycles. The quantitative estimate of drug-likeness (QED) is 0.378. The molecule has 10 heteroatoms. The number of rotatable bonds is 8. The third-order valence-corrected chi connectivity index (χ3v) is 8.36. The summed E-state index contributed by atoms with van der Waals surface area (Å²) < 4.78 is 19.4. The van der Waals surface area contributed by atoms with Crippen molar-refractivity contribution in [2.75, 3.05) is 37.8 Å². The number of ether oxygens (including phenoxy) is 3. The Labute approximate surface area is 221 Å². The lowest BCUT2D eigenvalue weighted by Gasteiger charge is -2.28. The van der Waals surface area contributed by atoms with Crippen molar-refractivity contribution in [3.05, 3.63) is 24.2 Å². The minimum Gasteiger partial charge on any atom is -0.444 e. The summed E-state index contributed by atoms with van der Waals surface area (Å²) in [6.45, 7) is 17.0. The molecule has 2 aromatic rings. The SMILES string of the molecule is CC(C)(C)OC(=O)NC1CC=C(c2cc3c(N4CCOCC4)ncnc3n2COCC[Si](C)(C)C)CC1. The fourth-order valence-electron chi connectivity index (χ4n) is 4.68. The molecule has 4 rings (SSSR count). The number of anilines is 1. The highest BCUT2D eigenvalue weighted by molar-refractivity contribution is 6.76.